The van der Waals surface area contributed by atoms with Gasteiger partial charge in [-0.05, 0) is 0 Å². The molecule has 10 nitrogen and oxygen atoms in total. The van der Waals surface area contributed by atoms with Crippen LogP contribution in [0.1, 0.15) is 0 Å². The Morgan fingerprint density at radius 1 is 0.889 bits per heavy atom. The molecule has 0 amide bonds. The van der Waals surface area contributed by atoms with Crippen LogP contribution in [0.25, 0.3) is 10.8 Å². The molecule has 0 aliphatic carbocycles. The van der Waals surface area contributed by atoms with E-state index in [-0.39, 0.29) is 22.4 Å². The summed E-state index contributed by atoms with van der Waals surface area (Å²) >= 11 is 0. The highest BCUT2D eigenvalue weighted by atomic mass is 16.1. The van der Waals surface area contributed by atoms with Gasteiger partial charge >= 0.3 is 0 Å². The van der Waals surface area contributed by atoms with Crippen LogP contribution in [0, 0.1) is 0 Å². The van der Waals surface area contributed by atoms with Crippen molar-refractivity contribution in [1.29, 1.82) is 0 Å². The quantitative estimate of drug-likeness (QED) is 0.341. The van der Waals surface area contributed by atoms with Crippen LogP contribution in [0.3, 0.4) is 0 Å². The minimum atomic E-state index is -0.498. The van der Waals surface area contributed by atoms with E-state index in [1.807, 2.05) is 0 Å². The fraction of sp³-hybridized carbons (Fsp3) is 0.250. The second-order valence-electron chi connectivity index (χ2n) is 3.59. The van der Waals surface area contributed by atoms with Crippen molar-refractivity contribution in [1.82, 2.24) is 19.6 Å². The molecule has 0 radical (unpaired) electrons. The highest BCUT2D eigenvalue weighted by Gasteiger charge is 2.17. The number of aryl methyl sites for hydroxylation is 2. The Balaban J connectivity index is 3.17. The average molecular weight is 252 g/mol. The lowest BCUT2D eigenvalue weighted by Gasteiger charge is -2.10. The third-order valence-corrected chi connectivity index (χ3v) is 2.51. The van der Waals surface area contributed by atoms with E-state index in [2.05, 4.69) is 21.0 Å². The number of rotatable bonds is 2. The molecule has 96 valence electrons. The summed E-state index contributed by atoms with van der Waals surface area (Å²) in [5.74, 6) is 10.7. The Hall–Kier alpha value is -2.46. The summed E-state index contributed by atoms with van der Waals surface area (Å²) in [5, 5.41) is 7.78. The summed E-state index contributed by atoms with van der Waals surface area (Å²) in [5.41, 5.74) is 3.56. The molecule has 0 aromatic carbocycles. The number of hydrogen-bond donors (Lipinski definition) is 4. The van der Waals surface area contributed by atoms with Gasteiger partial charge in [0.05, 0.1) is 0 Å². The van der Waals surface area contributed by atoms with Crippen molar-refractivity contribution < 1.29 is 0 Å². The van der Waals surface area contributed by atoms with Gasteiger partial charge in [-0.15, -0.1) is 0 Å². The predicted octanol–water partition coefficient (Wildman–Crippen LogP) is -2.40. The lowest BCUT2D eigenvalue weighted by Crippen LogP contribution is -2.31. The number of nitrogen functional groups attached to an aromatic ring is 2. The number of hydrogen-bond acceptors (Lipinski definition) is 8. The molecule has 0 aliphatic rings. The third-order valence-electron chi connectivity index (χ3n) is 2.51. The van der Waals surface area contributed by atoms with Crippen molar-refractivity contribution in [2.24, 2.45) is 25.8 Å². The smallest absolute Gasteiger partial charge is 0.278 e. The molecule has 0 atom stereocenters. The van der Waals surface area contributed by atoms with Gasteiger partial charge in [0.2, 0.25) is 0 Å². The topological polar surface area (TPSA) is 146 Å². The number of fused-ring (bicyclic) bond motifs is 1. The zero-order valence-electron chi connectivity index (χ0n) is 9.76. The van der Waals surface area contributed by atoms with E-state index >= 15 is 0 Å². The second kappa shape index (κ2) is 4.09. The summed E-state index contributed by atoms with van der Waals surface area (Å²) in [6, 6.07) is 0. The maximum absolute atomic E-state index is 12.0. The van der Waals surface area contributed by atoms with Crippen LogP contribution in [0.4, 0.5) is 11.6 Å². The number of nitrogens with two attached hydrogens (primary N) is 2. The normalized spacial score (nSPS) is 10.7. The zero-order valence-corrected chi connectivity index (χ0v) is 9.76. The third kappa shape index (κ3) is 1.51. The van der Waals surface area contributed by atoms with Crippen LogP contribution in [-0.2, 0) is 14.1 Å². The predicted molar refractivity (Wildman–Crippen MR) is 65.6 cm³/mol. The molecule has 6 N–H and O–H groups in total. The molecule has 0 aliphatic heterocycles. The molecule has 2 aromatic rings. The summed E-state index contributed by atoms with van der Waals surface area (Å²) < 4.78 is 2.08. The van der Waals surface area contributed by atoms with Crippen molar-refractivity contribution in [3.8, 4) is 0 Å². The molecule has 18 heavy (non-hydrogen) atoms. The number of aromatic nitrogens is 4. The van der Waals surface area contributed by atoms with E-state index < -0.39 is 11.1 Å². The molecule has 2 aromatic heterocycles. The molecule has 0 unspecified atom stereocenters. The van der Waals surface area contributed by atoms with E-state index in [1.165, 1.54) is 14.1 Å². The van der Waals surface area contributed by atoms with E-state index in [1.54, 1.807) is 0 Å². The van der Waals surface area contributed by atoms with Crippen LogP contribution in [-0.4, -0.2) is 19.6 Å². The number of nitrogens with one attached hydrogen (secondary N) is 2. The fourth-order valence-corrected chi connectivity index (χ4v) is 1.67. The van der Waals surface area contributed by atoms with Crippen molar-refractivity contribution >= 4 is 22.4 Å². The Morgan fingerprint density at radius 2 is 1.22 bits per heavy atom. The lowest BCUT2D eigenvalue weighted by atomic mass is 10.2. The largest absolute Gasteiger partial charge is 0.306 e. The highest BCUT2D eigenvalue weighted by Crippen LogP contribution is 2.17. The van der Waals surface area contributed by atoms with Crippen LogP contribution >= 0.6 is 0 Å². The number of anilines is 2. The monoisotopic (exact) mass is 252 g/mol. The van der Waals surface area contributed by atoms with Gasteiger partial charge < -0.3 is 10.9 Å². The molecule has 0 fully saturated rings. The second-order valence-corrected chi connectivity index (χ2v) is 3.59. The first kappa shape index (κ1) is 12.0. The standard InChI is InChI=1S/C8H12N8O2/c1-15-7(17)3-4(5(11-9)13-15)8(18)16(2)14-6(3)12-10/h9-10H2,1-2H3,(H,11,13)(H,12,14). The SMILES string of the molecule is Cn1nc(NN)c2c(=O)n(C)nc(NN)c2c1=O. The first-order valence-electron chi connectivity index (χ1n) is 4.92. The Kier molecular flexibility index (Phi) is 2.73. The Morgan fingerprint density at radius 3 is 1.50 bits per heavy atom. The molecular formula is C8H12N8O2. The van der Waals surface area contributed by atoms with Gasteiger partial charge in [0, 0.05) is 14.1 Å². The van der Waals surface area contributed by atoms with Crippen LogP contribution in [0.5, 0.6) is 0 Å². The van der Waals surface area contributed by atoms with Gasteiger partial charge in [-0.1, -0.05) is 0 Å². The van der Waals surface area contributed by atoms with E-state index in [0.29, 0.717) is 0 Å². The van der Waals surface area contributed by atoms with Crippen molar-refractivity contribution in [3.63, 3.8) is 0 Å². The minimum absolute atomic E-state index is 0.0334. The Bertz CT molecular complexity index is 667. The van der Waals surface area contributed by atoms with Gasteiger partial charge in [-0.25, -0.2) is 21.0 Å². The van der Waals surface area contributed by atoms with Gasteiger partial charge in [0.25, 0.3) is 11.1 Å². The molecule has 2 heterocycles. The number of hydrazine groups is 2. The van der Waals surface area contributed by atoms with E-state index in [4.69, 9.17) is 11.7 Å². The van der Waals surface area contributed by atoms with Gasteiger partial charge in [0.1, 0.15) is 10.8 Å². The molecule has 0 spiro atoms. The minimum Gasteiger partial charge on any atom is -0.306 e. The van der Waals surface area contributed by atoms with E-state index in [9.17, 15) is 9.59 Å². The molecule has 2 rings (SSSR count). The first-order valence-corrected chi connectivity index (χ1v) is 4.92. The summed E-state index contributed by atoms with van der Waals surface area (Å²) in [7, 11) is 2.86. The first-order chi connectivity index (χ1) is 8.51. The van der Waals surface area contributed by atoms with Gasteiger partial charge in [0.15, 0.2) is 11.6 Å². The molecule has 0 bridgehead atoms. The highest BCUT2D eigenvalue weighted by molar-refractivity contribution is 5.96. The van der Waals surface area contributed by atoms with E-state index in [0.717, 1.165) is 9.36 Å². The summed E-state index contributed by atoms with van der Waals surface area (Å²) in [6.45, 7) is 0. The average Bonchev–Trinajstić information content (AvgIpc) is 2.36. The lowest BCUT2D eigenvalue weighted by molar-refractivity contribution is 0.700. The molecule has 10 heteroatoms. The summed E-state index contributed by atoms with van der Waals surface area (Å²) in [4.78, 5) is 24.0. The van der Waals surface area contributed by atoms with Crippen LogP contribution < -0.4 is 33.7 Å². The maximum atomic E-state index is 12.0. The van der Waals surface area contributed by atoms with Crippen LogP contribution in [0.15, 0.2) is 9.59 Å². The number of nitrogens with zero attached hydrogens (tertiary/aromatic N) is 4. The van der Waals surface area contributed by atoms with Gasteiger partial charge in [-0.3, -0.25) is 9.59 Å². The maximum Gasteiger partial charge on any atom is 0.278 e. The molecular weight excluding hydrogens is 240 g/mol. The molecule has 0 saturated heterocycles. The Labute approximate surface area is 100 Å². The van der Waals surface area contributed by atoms with Gasteiger partial charge in [-0.2, -0.15) is 10.2 Å². The summed E-state index contributed by atoms with van der Waals surface area (Å²) in [6.07, 6.45) is 0. The van der Waals surface area contributed by atoms with Crippen LogP contribution in [0.2, 0.25) is 0 Å². The van der Waals surface area contributed by atoms with Crippen molar-refractivity contribution in [2.75, 3.05) is 10.9 Å². The zero-order chi connectivity index (χ0) is 13.4. The molecule has 0 saturated carbocycles. The van der Waals surface area contributed by atoms with Crippen molar-refractivity contribution in [3.05, 3.63) is 20.7 Å². The van der Waals surface area contributed by atoms with Crippen molar-refractivity contribution in [2.45, 2.75) is 0 Å². The fourth-order valence-electron chi connectivity index (χ4n) is 1.67.